The Kier molecular flexibility index (Phi) is 7.45. The number of amides is 2. The summed E-state index contributed by atoms with van der Waals surface area (Å²) in [4.78, 5) is 26.7. The first-order valence-electron chi connectivity index (χ1n) is 10.6. The van der Waals surface area contributed by atoms with Crippen molar-refractivity contribution in [1.29, 1.82) is 0 Å². The summed E-state index contributed by atoms with van der Waals surface area (Å²) in [6.07, 6.45) is 2.75. The molecule has 1 N–H and O–H groups in total. The molecule has 1 aliphatic heterocycles. The highest BCUT2D eigenvalue weighted by atomic mass is 19.1. The fraction of sp³-hybridized carbons (Fsp3) is 0.360. The fourth-order valence-electron chi connectivity index (χ4n) is 3.84. The van der Waals surface area contributed by atoms with Crippen molar-refractivity contribution in [3.63, 3.8) is 0 Å². The highest BCUT2D eigenvalue weighted by Gasteiger charge is 2.32. The SMILES string of the molecule is C=CCNC(=O)COc1ccc2c(c1)C(c1cccc(F)c1)N(C(=O)CC(C)C)CC2. The highest BCUT2D eigenvalue weighted by Crippen LogP contribution is 2.38. The van der Waals surface area contributed by atoms with E-state index in [4.69, 9.17) is 4.74 Å². The zero-order valence-corrected chi connectivity index (χ0v) is 18.1. The van der Waals surface area contributed by atoms with Gasteiger partial charge in [0.05, 0.1) is 6.04 Å². The number of fused-ring (bicyclic) bond motifs is 1. The number of carbonyl (C=O) groups is 2. The Bertz CT molecular complexity index is 958. The van der Waals surface area contributed by atoms with E-state index in [-0.39, 0.29) is 30.2 Å². The number of nitrogens with zero attached hydrogens (tertiary/aromatic N) is 1. The second kappa shape index (κ2) is 10.2. The lowest BCUT2D eigenvalue weighted by atomic mass is 9.87. The number of nitrogens with one attached hydrogen (secondary N) is 1. The third-order valence-electron chi connectivity index (χ3n) is 5.23. The first kappa shape index (κ1) is 22.5. The van der Waals surface area contributed by atoms with Crippen molar-refractivity contribution >= 4 is 11.8 Å². The van der Waals surface area contributed by atoms with E-state index < -0.39 is 6.04 Å². The normalized spacial score (nSPS) is 15.4. The summed E-state index contributed by atoms with van der Waals surface area (Å²) in [7, 11) is 0. The van der Waals surface area contributed by atoms with Crippen molar-refractivity contribution in [2.45, 2.75) is 32.7 Å². The Balaban J connectivity index is 1.93. The lowest BCUT2D eigenvalue weighted by Crippen LogP contribution is -2.41. The van der Waals surface area contributed by atoms with Gasteiger partial charge in [0.15, 0.2) is 6.61 Å². The Morgan fingerprint density at radius 2 is 2.10 bits per heavy atom. The molecule has 2 amide bonds. The molecule has 0 saturated heterocycles. The standard InChI is InChI=1S/C25H29FN2O3/c1-4-11-27-23(29)16-31-21-9-8-18-10-12-28(24(30)13-17(2)3)25(22(18)15-21)19-6-5-7-20(26)14-19/h4-9,14-15,17,25H,1,10-13,16H2,2-3H3,(H,27,29). The average molecular weight is 425 g/mol. The number of carbonyl (C=O) groups excluding carboxylic acids is 2. The van der Waals surface area contributed by atoms with Gasteiger partial charge in [0.2, 0.25) is 5.91 Å². The van der Waals surface area contributed by atoms with Crippen molar-refractivity contribution in [3.8, 4) is 5.75 Å². The first-order valence-corrected chi connectivity index (χ1v) is 10.6. The lowest BCUT2D eigenvalue weighted by Gasteiger charge is -2.38. The highest BCUT2D eigenvalue weighted by molar-refractivity contribution is 5.78. The van der Waals surface area contributed by atoms with Gasteiger partial charge in [-0.15, -0.1) is 6.58 Å². The van der Waals surface area contributed by atoms with Crippen molar-refractivity contribution in [2.24, 2.45) is 5.92 Å². The van der Waals surface area contributed by atoms with Crippen LogP contribution < -0.4 is 10.1 Å². The van der Waals surface area contributed by atoms with Crippen LogP contribution >= 0.6 is 0 Å². The Morgan fingerprint density at radius 1 is 1.29 bits per heavy atom. The maximum atomic E-state index is 14.0. The molecule has 164 valence electrons. The number of ether oxygens (including phenoxy) is 1. The monoisotopic (exact) mass is 424 g/mol. The Morgan fingerprint density at radius 3 is 2.81 bits per heavy atom. The van der Waals surface area contributed by atoms with E-state index in [2.05, 4.69) is 11.9 Å². The Labute approximate surface area is 182 Å². The maximum Gasteiger partial charge on any atom is 0.258 e. The van der Waals surface area contributed by atoms with Gasteiger partial charge in [-0.2, -0.15) is 0 Å². The van der Waals surface area contributed by atoms with Gasteiger partial charge >= 0.3 is 0 Å². The van der Waals surface area contributed by atoms with Crippen molar-refractivity contribution in [3.05, 3.63) is 77.6 Å². The quantitative estimate of drug-likeness (QED) is 0.651. The van der Waals surface area contributed by atoms with Gasteiger partial charge < -0.3 is 15.0 Å². The van der Waals surface area contributed by atoms with Gasteiger partial charge in [-0.25, -0.2) is 4.39 Å². The number of hydrogen-bond acceptors (Lipinski definition) is 3. The molecule has 6 heteroatoms. The number of hydrogen-bond donors (Lipinski definition) is 1. The molecule has 0 radical (unpaired) electrons. The molecule has 0 aliphatic carbocycles. The van der Waals surface area contributed by atoms with E-state index in [9.17, 15) is 14.0 Å². The molecule has 1 heterocycles. The molecule has 3 rings (SSSR count). The van der Waals surface area contributed by atoms with Crippen molar-refractivity contribution < 1.29 is 18.7 Å². The van der Waals surface area contributed by atoms with Gasteiger partial charge in [0, 0.05) is 19.5 Å². The van der Waals surface area contributed by atoms with Crippen LogP contribution in [0.2, 0.25) is 0 Å². The summed E-state index contributed by atoms with van der Waals surface area (Å²) in [5.41, 5.74) is 2.71. The van der Waals surface area contributed by atoms with Gasteiger partial charge in [-0.3, -0.25) is 9.59 Å². The molecular weight excluding hydrogens is 395 g/mol. The minimum Gasteiger partial charge on any atom is -0.484 e. The number of rotatable bonds is 8. The summed E-state index contributed by atoms with van der Waals surface area (Å²) < 4.78 is 19.7. The van der Waals surface area contributed by atoms with E-state index >= 15 is 0 Å². The second-order valence-electron chi connectivity index (χ2n) is 8.13. The van der Waals surface area contributed by atoms with Crippen LogP contribution in [0.25, 0.3) is 0 Å². The second-order valence-corrected chi connectivity index (χ2v) is 8.13. The van der Waals surface area contributed by atoms with Crippen LogP contribution in [-0.2, 0) is 16.0 Å². The molecule has 0 aromatic heterocycles. The van der Waals surface area contributed by atoms with Crippen LogP contribution in [0, 0.1) is 11.7 Å². The summed E-state index contributed by atoms with van der Waals surface area (Å²) >= 11 is 0. The summed E-state index contributed by atoms with van der Waals surface area (Å²) in [6.45, 7) is 8.42. The van der Waals surface area contributed by atoms with E-state index in [0.717, 1.165) is 16.7 Å². The average Bonchev–Trinajstić information content (AvgIpc) is 2.74. The van der Waals surface area contributed by atoms with Crippen LogP contribution in [0.4, 0.5) is 4.39 Å². The minimum absolute atomic E-state index is 0.0463. The molecule has 0 spiro atoms. The topological polar surface area (TPSA) is 58.6 Å². The van der Waals surface area contributed by atoms with E-state index in [1.807, 2.05) is 43.0 Å². The predicted molar refractivity (Wildman–Crippen MR) is 118 cm³/mol. The predicted octanol–water partition coefficient (Wildman–Crippen LogP) is 4.03. The molecular formula is C25H29FN2O3. The molecule has 1 aliphatic rings. The Hall–Kier alpha value is -3.15. The van der Waals surface area contributed by atoms with Gasteiger partial charge in [0.1, 0.15) is 11.6 Å². The zero-order valence-electron chi connectivity index (χ0n) is 18.1. The van der Waals surface area contributed by atoms with E-state index in [1.165, 1.54) is 12.1 Å². The van der Waals surface area contributed by atoms with Crippen LogP contribution in [0.1, 0.15) is 43.0 Å². The summed E-state index contributed by atoms with van der Waals surface area (Å²) in [5, 5.41) is 2.67. The van der Waals surface area contributed by atoms with E-state index in [0.29, 0.717) is 31.7 Å². The summed E-state index contributed by atoms with van der Waals surface area (Å²) in [5.74, 6) is 0.225. The number of halogens is 1. The van der Waals surface area contributed by atoms with Gasteiger partial charge in [-0.1, -0.05) is 38.1 Å². The molecule has 1 atom stereocenters. The molecule has 0 bridgehead atoms. The van der Waals surface area contributed by atoms with Gasteiger partial charge in [0.25, 0.3) is 5.91 Å². The smallest absolute Gasteiger partial charge is 0.258 e. The van der Waals surface area contributed by atoms with Crippen molar-refractivity contribution in [2.75, 3.05) is 19.7 Å². The largest absolute Gasteiger partial charge is 0.484 e. The van der Waals surface area contributed by atoms with E-state index in [1.54, 1.807) is 12.1 Å². The molecule has 2 aromatic rings. The van der Waals surface area contributed by atoms with Gasteiger partial charge in [-0.05, 0) is 53.3 Å². The third kappa shape index (κ3) is 5.72. The van der Waals surface area contributed by atoms with Crippen LogP contribution in [0.15, 0.2) is 55.1 Å². The first-order chi connectivity index (χ1) is 14.9. The van der Waals surface area contributed by atoms with Crippen LogP contribution in [0.5, 0.6) is 5.75 Å². The molecule has 31 heavy (non-hydrogen) atoms. The maximum absolute atomic E-state index is 14.0. The third-order valence-corrected chi connectivity index (χ3v) is 5.23. The molecule has 1 unspecified atom stereocenters. The van der Waals surface area contributed by atoms with Crippen LogP contribution in [0.3, 0.4) is 0 Å². The van der Waals surface area contributed by atoms with Crippen molar-refractivity contribution in [1.82, 2.24) is 10.2 Å². The molecule has 5 nitrogen and oxygen atoms in total. The minimum atomic E-state index is -0.399. The fourth-order valence-corrected chi connectivity index (χ4v) is 3.84. The van der Waals surface area contributed by atoms with Crippen LogP contribution in [-0.4, -0.2) is 36.4 Å². The molecule has 2 aromatic carbocycles. The lowest BCUT2D eigenvalue weighted by molar-refractivity contribution is -0.134. The molecule has 0 saturated carbocycles. The summed E-state index contributed by atoms with van der Waals surface area (Å²) in [6, 6.07) is 11.6. The number of benzene rings is 2. The molecule has 0 fully saturated rings. The zero-order chi connectivity index (χ0) is 22.4.